The molecule has 2 saturated heterocycles. The van der Waals surface area contributed by atoms with E-state index in [1.54, 1.807) is 23.3 Å². The average molecular weight is 559 g/mol. The normalized spacial score (nSPS) is 21.1. The lowest BCUT2D eigenvalue weighted by Gasteiger charge is -2.29. The number of phenols is 1. The highest BCUT2D eigenvalue weighted by Gasteiger charge is 2.60. The van der Waals surface area contributed by atoms with Gasteiger partial charge in [0, 0.05) is 5.39 Å². The molecule has 2 aliphatic heterocycles. The van der Waals surface area contributed by atoms with Gasteiger partial charge >= 0.3 is 0 Å². The van der Waals surface area contributed by atoms with Crippen LogP contribution >= 0.6 is 15.9 Å². The molecular weight excluding hydrogens is 536 g/mol. The number of amides is 2. The third-order valence-electron chi connectivity index (χ3n) is 6.83. The monoisotopic (exact) mass is 558 g/mol. The Hall–Kier alpha value is -3.88. The average Bonchev–Trinajstić information content (AvgIpc) is 3.42. The van der Waals surface area contributed by atoms with E-state index in [0.29, 0.717) is 28.0 Å². The number of hydrogen-bond donors (Lipinski definition) is 1. The molecule has 0 unspecified atom stereocenters. The smallest absolute Gasteiger partial charge is 0.266 e. The molecule has 6 rings (SSSR count). The molecular formula is C29H23BrN2O5. The van der Waals surface area contributed by atoms with Gasteiger partial charge in [0.2, 0.25) is 5.91 Å². The number of rotatable bonds is 5. The fraction of sp³-hybridized carbons (Fsp3) is 0.172. The number of para-hydroxylation sites is 1. The Morgan fingerprint density at radius 1 is 0.946 bits per heavy atom. The van der Waals surface area contributed by atoms with E-state index >= 15 is 0 Å². The number of carbonyl (C=O) groups excluding carboxylic acids is 2. The molecule has 0 radical (unpaired) electrons. The Bertz CT molecular complexity index is 1520. The zero-order chi connectivity index (χ0) is 25.7. The highest BCUT2D eigenvalue weighted by Crippen LogP contribution is 2.50. The van der Waals surface area contributed by atoms with E-state index in [4.69, 9.17) is 9.57 Å². The first-order chi connectivity index (χ1) is 18.0. The maximum atomic E-state index is 14.1. The molecule has 0 spiro atoms. The van der Waals surface area contributed by atoms with Crippen molar-refractivity contribution in [1.29, 1.82) is 0 Å². The van der Waals surface area contributed by atoms with Gasteiger partial charge in [0.15, 0.2) is 17.6 Å². The number of fused-ring (bicyclic) bond motifs is 2. The molecule has 4 aromatic carbocycles. The number of aromatic hydroxyl groups is 1. The van der Waals surface area contributed by atoms with Crippen molar-refractivity contribution in [2.45, 2.75) is 19.1 Å². The van der Waals surface area contributed by atoms with Crippen molar-refractivity contribution in [1.82, 2.24) is 0 Å². The van der Waals surface area contributed by atoms with Crippen LogP contribution in [0.15, 0.2) is 89.4 Å². The van der Waals surface area contributed by atoms with Crippen LogP contribution in [0.5, 0.6) is 11.5 Å². The van der Waals surface area contributed by atoms with E-state index < -0.39 is 24.0 Å². The van der Waals surface area contributed by atoms with Crippen LogP contribution < -0.4 is 14.7 Å². The van der Waals surface area contributed by atoms with Gasteiger partial charge in [0.05, 0.1) is 28.5 Å². The van der Waals surface area contributed by atoms with Gasteiger partial charge in [-0.2, -0.15) is 0 Å². The fourth-order valence-electron chi connectivity index (χ4n) is 5.22. The van der Waals surface area contributed by atoms with Crippen molar-refractivity contribution in [2.75, 3.05) is 16.6 Å². The van der Waals surface area contributed by atoms with Crippen LogP contribution in [0.1, 0.15) is 18.5 Å². The van der Waals surface area contributed by atoms with Crippen LogP contribution in [0.25, 0.3) is 10.8 Å². The number of hydroxylamine groups is 1. The molecule has 2 aliphatic rings. The third kappa shape index (κ3) is 3.75. The molecule has 186 valence electrons. The van der Waals surface area contributed by atoms with E-state index in [0.717, 1.165) is 10.8 Å². The predicted molar refractivity (Wildman–Crippen MR) is 143 cm³/mol. The number of halogens is 1. The van der Waals surface area contributed by atoms with Crippen molar-refractivity contribution < 1.29 is 24.3 Å². The summed E-state index contributed by atoms with van der Waals surface area (Å²) >= 11 is 3.41. The number of imide groups is 1. The Balaban J connectivity index is 1.49. The lowest BCUT2D eigenvalue weighted by Crippen LogP contribution is -2.37. The molecule has 37 heavy (non-hydrogen) atoms. The maximum Gasteiger partial charge on any atom is 0.266 e. The van der Waals surface area contributed by atoms with Crippen LogP contribution in [0.4, 0.5) is 11.4 Å². The molecule has 0 aliphatic carbocycles. The summed E-state index contributed by atoms with van der Waals surface area (Å²) in [5.74, 6) is -1.29. The Labute approximate surface area is 221 Å². The summed E-state index contributed by atoms with van der Waals surface area (Å²) in [6.45, 7) is 2.18. The summed E-state index contributed by atoms with van der Waals surface area (Å²) in [4.78, 5) is 35.3. The summed E-state index contributed by atoms with van der Waals surface area (Å²) in [6.07, 6.45) is -1.00. The van der Waals surface area contributed by atoms with Gasteiger partial charge in [-0.3, -0.25) is 14.4 Å². The molecule has 0 saturated carbocycles. The molecule has 3 atom stereocenters. The van der Waals surface area contributed by atoms with Crippen LogP contribution in [0.3, 0.4) is 0 Å². The van der Waals surface area contributed by atoms with Crippen molar-refractivity contribution in [3.05, 3.63) is 95.0 Å². The van der Waals surface area contributed by atoms with E-state index in [2.05, 4.69) is 15.9 Å². The largest absolute Gasteiger partial charge is 0.503 e. The lowest BCUT2D eigenvalue weighted by atomic mass is 9.90. The van der Waals surface area contributed by atoms with Crippen molar-refractivity contribution in [2.24, 2.45) is 5.92 Å². The molecule has 2 amide bonds. The zero-order valence-corrected chi connectivity index (χ0v) is 21.5. The second-order valence-electron chi connectivity index (χ2n) is 8.95. The number of anilines is 2. The summed E-state index contributed by atoms with van der Waals surface area (Å²) in [6, 6.07) is 25.4. The van der Waals surface area contributed by atoms with Gasteiger partial charge in [-0.1, -0.05) is 54.6 Å². The number of nitrogens with zero attached hydrogens (tertiary/aromatic N) is 2. The van der Waals surface area contributed by atoms with Crippen molar-refractivity contribution in [3.8, 4) is 11.5 Å². The van der Waals surface area contributed by atoms with Gasteiger partial charge in [0.25, 0.3) is 5.91 Å². The summed E-state index contributed by atoms with van der Waals surface area (Å²) in [7, 11) is 0. The minimum Gasteiger partial charge on any atom is -0.503 e. The Morgan fingerprint density at radius 2 is 1.68 bits per heavy atom. The standard InChI is InChI=1S/C29H23BrN2O5/c1-2-36-23-16-18(15-21(30)26(23)33)25-24-27(37-32(25)19-11-4-3-5-12-19)29(35)31(28(24)34)22-14-8-10-17-9-6-7-13-20(17)22/h3-16,24-25,27,33H,2H2,1H3/t24-,25-,27+/m1/s1. The number of hydrogen-bond acceptors (Lipinski definition) is 6. The molecule has 0 bridgehead atoms. The number of phenolic OH excluding ortho intramolecular Hbond substituents is 1. The van der Waals surface area contributed by atoms with Crippen molar-refractivity contribution >= 4 is 49.9 Å². The predicted octanol–water partition coefficient (Wildman–Crippen LogP) is 5.76. The number of benzene rings is 4. The van der Waals surface area contributed by atoms with E-state index in [1.165, 1.54) is 4.90 Å². The Morgan fingerprint density at radius 3 is 2.46 bits per heavy atom. The van der Waals surface area contributed by atoms with E-state index in [-0.39, 0.29) is 17.4 Å². The van der Waals surface area contributed by atoms with Gasteiger partial charge < -0.3 is 9.84 Å². The minimum atomic E-state index is -1.00. The second kappa shape index (κ2) is 9.21. The zero-order valence-electron chi connectivity index (χ0n) is 19.9. The summed E-state index contributed by atoms with van der Waals surface area (Å²) < 4.78 is 6.08. The minimum absolute atomic E-state index is 0.0291. The van der Waals surface area contributed by atoms with Crippen molar-refractivity contribution in [3.63, 3.8) is 0 Å². The fourth-order valence-corrected chi connectivity index (χ4v) is 5.68. The lowest BCUT2D eigenvalue weighted by molar-refractivity contribution is -0.126. The maximum absolute atomic E-state index is 14.1. The quantitative estimate of drug-likeness (QED) is 0.314. The Kier molecular flexibility index (Phi) is 5.85. The molecule has 8 heteroatoms. The SMILES string of the molecule is CCOc1cc([C@@H]2[C@H]3C(=O)N(c4cccc5ccccc45)C(=O)[C@H]3ON2c2ccccc2)cc(Br)c1O. The van der Waals surface area contributed by atoms with E-state index in [1.807, 2.05) is 73.7 Å². The third-order valence-corrected chi connectivity index (χ3v) is 7.43. The topological polar surface area (TPSA) is 79.3 Å². The molecule has 2 heterocycles. The first-order valence-corrected chi connectivity index (χ1v) is 12.8. The number of carbonyl (C=O) groups is 2. The van der Waals surface area contributed by atoms with Gasteiger partial charge in [-0.05, 0) is 64.1 Å². The van der Waals surface area contributed by atoms with Crippen LogP contribution in [-0.2, 0) is 14.4 Å². The van der Waals surface area contributed by atoms with Gasteiger partial charge in [-0.25, -0.2) is 9.96 Å². The second-order valence-corrected chi connectivity index (χ2v) is 9.80. The number of ether oxygens (including phenoxy) is 1. The first kappa shape index (κ1) is 23.5. The van der Waals surface area contributed by atoms with Crippen LogP contribution in [0, 0.1) is 5.92 Å². The summed E-state index contributed by atoms with van der Waals surface area (Å²) in [5.41, 5.74) is 1.92. The molecule has 2 fully saturated rings. The van der Waals surface area contributed by atoms with Gasteiger partial charge in [0.1, 0.15) is 5.92 Å². The molecule has 4 aromatic rings. The van der Waals surface area contributed by atoms with E-state index in [9.17, 15) is 14.7 Å². The van der Waals surface area contributed by atoms with Gasteiger partial charge in [-0.15, -0.1) is 0 Å². The first-order valence-electron chi connectivity index (χ1n) is 12.0. The van der Waals surface area contributed by atoms with Crippen LogP contribution in [0.2, 0.25) is 0 Å². The van der Waals surface area contributed by atoms with Crippen LogP contribution in [-0.4, -0.2) is 29.6 Å². The molecule has 0 aromatic heterocycles. The molecule has 1 N–H and O–H groups in total. The molecule has 7 nitrogen and oxygen atoms in total. The summed E-state index contributed by atoms with van der Waals surface area (Å²) in [5, 5.41) is 13.9. The highest BCUT2D eigenvalue weighted by atomic mass is 79.9. The highest BCUT2D eigenvalue weighted by molar-refractivity contribution is 9.10.